The molecule has 0 bridgehead atoms. The number of hydrogen-bond acceptors (Lipinski definition) is 5. The van der Waals surface area contributed by atoms with Crippen molar-refractivity contribution in [2.75, 3.05) is 6.61 Å². The summed E-state index contributed by atoms with van der Waals surface area (Å²) < 4.78 is 5.88. The van der Waals surface area contributed by atoms with E-state index in [1.165, 1.54) is 19.1 Å². The van der Waals surface area contributed by atoms with Gasteiger partial charge in [0.05, 0.1) is 28.6 Å². The van der Waals surface area contributed by atoms with Gasteiger partial charge in [-0.3, -0.25) is 14.9 Å². The van der Waals surface area contributed by atoms with Gasteiger partial charge in [0.1, 0.15) is 0 Å². The highest BCUT2D eigenvalue weighted by molar-refractivity contribution is 9.10. The highest BCUT2D eigenvalue weighted by Gasteiger charge is 2.24. The number of halogens is 1. The zero-order valence-corrected chi connectivity index (χ0v) is 13.6. The van der Waals surface area contributed by atoms with Crippen LogP contribution < -0.4 is 4.74 Å². The summed E-state index contributed by atoms with van der Waals surface area (Å²) in [6, 6.07) is 4.90. The molecule has 0 saturated heterocycles. The summed E-state index contributed by atoms with van der Waals surface area (Å²) in [5.41, 5.74) is -0.726. The summed E-state index contributed by atoms with van der Waals surface area (Å²) in [5.74, 6) is -0.376. The maximum Gasteiger partial charge on any atom is 0.312 e. The Kier molecular flexibility index (Phi) is 5.44. The van der Waals surface area contributed by atoms with Gasteiger partial charge in [-0.05, 0) is 33.3 Å². The fourth-order valence-electron chi connectivity index (χ4n) is 1.59. The number of nitriles is 1. The van der Waals surface area contributed by atoms with Crippen molar-refractivity contribution in [1.82, 2.24) is 0 Å². The number of carbonyl (C=O) groups is 1. The molecule has 0 aliphatic heterocycles. The molecule has 1 aromatic rings. The zero-order chi connectivity index (χ0) is 16.2. The molecule has 21 heavy (non-hydrogen) atoms. The molecule has 0 atom stereocenters. The van der Waals surface area contributed by atoms with Gasteiger partial charge in [0.15, 0.2) is 5.78 Å². The Morgan fingerprint density at radius 3 is 2.62 bits per heavy atom. The van der Waals surface area contributed by atoms with Crippen molar-refractivity contribution in [3.05, 3.63) is 32.3 Å². The van der Waals surface area contributed by atoms with E-state index in [-0.39, 0.29) is 29.4 Å². The van der Waals surface area contributed by atoms with Gasteiger partial charge in [-0.2, -0.15) is 5.26 Å². The van der Waals surface area contributed by atoms with E-state index in [0.29, 0.717) is 10.9 Å². The van der Waals surface area contributed by atoms with Crippen LogP contribution in [0.4, 0.5) is 5.69 Å². The minimum Gasteiger partial charge on any atom is -0.486 e. The number of Topliss-reactive ketones (excluding diaryl/α,β-unsaturated/α-hetero) is 1. The monoisotopic (exact) mass is 354 g/mol. The van der Waals surface area contributed by atoms with E-state index in [4.69, 9.17) is 10.00 Å². The molecule has 0 aliphatic carbocycles. The van der Waals surface area contributed by atoms with Gasteiger partial charge in [-0.15, -0.1) is 0 Å². The van der Waals surface area contributed by atoms with E-state index < -0.39 is 10.3 Å². The molecule has 7 heteroatoms. The van der Waals surface area contributed by atoms with Gasteiger partial charge in [0, 0.05) is 10.5 Å². The normalized spacial score (nSPS) is 10.8. The molecule has 0 radical (unpaired) electrons. The first-order valence-corrected chi connectivity index (χ1v) is 7.00. The van der Waals surface area contributed by atoms with Gasteiger partial charge in [0.2, 0.25) is 5.75 Å². The van der Waals surface area contributed by atoms with E-state index in [1.807, 2.05) is 0 Å². The van der Waals surface area contributed by atoms with Crippen molar-refractivity contribution in [1.29, 1.82) is 5.26 Å². The molecule has 0 unspecified atom stereocenters. The molecule has 0 N–H and O–H groups in total. The Morgan fingerprint density at radius 2 is 2.14 bits per heavy atom. The lowest BCUT2D eigenvalue weighted by Crippen LogP contribution is -2.14. The third kappa shape index (κ3) is 4.53. The molecular formula is C14H15BrN2O4. The molecule has 0 saturated carbocycles. The van der Waals surface area contributed by atoms with E-state index in [9.17, 15) is 14.9 Å². The summed E-state index contributed by atoms with van der Waals surface area (Å²) in [6.45, 7) is 4.93. The highest BCUT2D eigenvalue weighted by atomic mass is 79.9. The summed E-state index contributed by atoms with van der Waals surface area (Å²) >= 11 is 3.14. The second-order valence-electron chi connectivity index (χ2n) is 5.21. The predicted octanol–water partition coefficient (Wildman–Crippen LogP) is 3.88. The van der Waals surface area contributed by atoms with Crippen LogP contribution in [0.2, 0.25) is 0 Å². The van der Waals surface area contributed by atoms with Crippen molar-refractivity contribution in [3.8, 4) is 11.8 Å². The number of carbonyl (C=O) groups excluding carboxylic acids is 1. The van der Waals surface area contributed by atoms with Crippen LogP contribution in [0.5, 0.6) is 5.75 Å². The number of nitro benzene ring substituents is 1. The third-order valence-electron chi connectivity index (χ3n) is 2.89. The number of benzene rings is 1. The smallest absolute Gasteiger partial charge is 0.312 e. The van der Waals surface area contributed by atoms with Crippen molar-refractivity contribution in [2.24, 2.45) is 5.41 Å². The van der Waals surface area contributed by atoms with Crippen LogP contribution >= 0.6 is 15.9 Å². The molecule has 1 aromatic carbocycles. The van der Waals surface area contributed by atoms with Crippen molar-refractivity contribution < 1.29 is 14.5 Å². The number of nitro groups is 1. The van der Waals surface area contributed by atoms with Gasteiger partial charge in [-0.25, -0.2) is 0 Å². The van der Waals surface area contributed by atoms with Crippen LogP contribution in [0.3, 0.4) is 0 Å². The van der Waals surface area contributed by atoms with Crippen LogP contribution in [0.1, 0.15) is 37.6 Å². The molecule has 0 fully saturated rings. The number of nitrogens with zero attached hydrogens (tertiary/aromatic N) is 2. The van der Waals surface area contributed by atoms with Gasteiger partial charge >= 0.3 is 5.69 Å². The molecule has 0 aromatic heterocycles. The largest absolute Gasteiger partial charge is 0.486 e. The molecule has 1 rings (SSSR count). The SMILES string of the molecule is CC(=O)c1cc(Br)cc([N+](=O)[O-])c1OCCC(C)(C)C#N. The molecule has 6 nitrogen and oxygen atoms in total. The summed E-state index contributed by atoms with van der Waals surface area (Å²) in [7, 11) is 0. The fraction of sp³-hybridized carbons (Fsp3) is 0.429. The lowest BCUT2D eigenvalue weighted by molar-refractivity contribution is -0.386. The second kappa shape index (κ2) is 6.68. The number of rotatable bonds is 6. The average Bonchev–Trinajstić information content (AvgIpc) is 2.39. The first kappa shape index (κ1) is 17.1. The Hall–Kier alpha value is -1.94. The Labute approximate surface area is 131 Å². The number of ketones is 1. The van der Waals surface area contributed by atoms with Crippen LogP contribution in [-0.2, 0) is 0 Å². The molecule has 0 heterocycles. The molecular weight excluding hydrogens is 340 g/mol. The molecule has 0 spiro atoms. The number of hydrogen-bond donors (Lipinski definition) is 0. The topological polar surface area (TPSA) is 93.2 Å². The van der Waals surface area contributed by atoms with Crippen molar-refractivity contribution in [3.63, 3.8) is 0 Å². The maximum absolute atomic E-state index is 11.6. The van der Waals surface area contributed by atoms with Crippen LogP contribution in [-0.4, -0.2) is 17.3 Å². The van der Waals surface area contributed by atoms with E-state index in [1.54, 1.807) is 13.8 Å². The zero-order valence-electron chi connectivity index (χ0n) is 12.0. The second-order valence-corrected chi connectivity index (χ2v) is 6.12. The Balaban J connectivity index is 3.12. The first-order valence-electron chi connectivity index (χ1n) is 6.21. The third-order valence-corrected chi connectivity index (χ3v) is 3.34. The fourth-order valence-corrected chi connectivity index (χ4v) is 2.04. The van der Waals surface area contributed by atoms with Gasteiger partial charge in [-0.1, -0.05) is 15.9 Å². The summed E-state index contributed by atoms with van der Waals surface area (Å²) in [4.78, 5) is 22.1. The van der Waals surface area contributed by atoms with Crippen LogP contribution in [0.25, 0.3) is 0 Å². The van der Waals surface area contributed by atoms with Crippen LogP contribution in [0.15, 0.2) is 16.6 Å². The Morgan fingerprint density at radius 1 is 1.52 bits per heavy atom. The summed E-state index contributed by atoms with van der Waals surface area (Å²) in [5, 5.41) is 20.0. The standard InChI is InChI=1S/C14H15BrN2O4/c1-9(18)11-6-10(15)7-12(17(19)20)13(11)21-5-4-14(2,3)8-16/h6-7H,4-5H2,1-3H3. The lowest BCUT2D eigenvalue weighted by Gasteiger charge is -2.16. The van der Waals surface area contributed by atoms with Gasteiger partial charge < -0.3 is 4.74 Å². The van der Waals surface area contributed by atoms with Gasteiger partial charge in [0.25, 0.3) is 0 Å². The van der Waals surface area contributed by atoms with Crippen molar-refractivity contribution in [2.45, 2.75) is 27.2 Å². The maximum atomic E-state index is 11.6. The summed E-state index contributed by atoms with van der Waals surface area (Å²) in [6.07, 6.45) is 0.397. The van der Waals surface area contributed by atoms with E-state index in [2.05, 4.69) is 22.0 Å². The van der Waals surface area contributed by atoms with E-state index >= 15 is 0 Å². The minimum atomic E-state index is -0.597. The predicted molar refractivity (Wildman–Crippen MR) is 80.3 cm³/mol. The minimum absolute atomic E-state index is 0.0514. The van der Waals surface area contributed by atoms with Crippen molar-refractivity contribution >= 4 is 27.4 Å². The first-order chi connectivity index (χ1) is 9.68. The number of ether oxygens (including phenoxy) is 1. The highest BCUT2D eigenvalue weighted by Crippen LogP contribution is 2.35. The van der Waals surface area contributed by atoms with E-state index in [0.717, 1.165) is 0 Å². The average molecular weight is 355 g/mol. The molecule has 112 valence electrons. The molecule has 0 aliphatic rings. The van der Waals surface area contributed by atoms with Crippen LogP contribution in [0, 0.1) is 26.9 Å². The quantitative estimate of drug-likeness (QED) is 0.439. The molecule has 0 amide bonds. The lowest BCUT2D eigenvalue weighted by atomic mass is 9.92. The Bertz CT molecular complexity index is 585.